The zero-order valence-electron chi connectivity index (χ0n) is 9.70. The highest BCUT2D eigenvalue weighted by atomic mass is 19.2. The Morgan fingerprint density at radius 1 is 1.17 bits per heavy atom. The Balaban J connectivity index is 1.71. The van der Waals surface area contributed by atoms with Gasteiger partial charge in [0.1, 0.15) is 0 Å². The summed E-state index contributed by atoms with van der Waals surface area (Å²) in [6, 6.07) is 3.40. The lowest BCUT2D eigenvalue weighted by Gasteiger charge is -2.17. The first-order valence-electron chi connectivity index (χ1n) is 6.08. The van der Waals surface area contributed by atoms with E-state index in [2.05, 4.69) is 17.5 Å². The van der Waals surface area contributed by atoms with Crippen molar-refractivity contribution < 1.29 is 13.6 Å². The van der Waals surface area contributed by atoms with Crippen molar-refractivity contribution in [3.05, 3.63) is 42.0 Å². The molecule has 2 aliphatic carbocycles. The van der Waals surface area contributed by atoms with Gasteiger partial charge < -0.3 is 5.32 Å². The highest BCUT2D eigenvalue weighted by molar-refractivity contribution is 5.93. The first-order chi connectivity index (χ1) is 8.63. The number of benzene rings is 1. The average molecular weight is 249 g/mol. The lowest BCUT2D eigenvalue weighted by Crippen LogP contribution is -2.25. The molecule has 0 saturated heterocycles. The quantitative estimate of drug-likeness (QED) is 0.802. The molecule has 2 bridgehead atoms. The SMILES string of the molecule is O=C(Nc1ccc(F)c(F)c1)C1CC2C=CC1C2. The maximum Gasteiger partial charge on any atom is 0.228 e. The van der Waals surface area contributed by atoms with E-state index in [1.807, 2.05) is 0 Å². The summed E-state index contributed by atoms with van der Waals surface area (Å²) >= 11 is 0. The molecular weight excluding hydrogens is 236 g/mol. The molecule has 0 aliphatic heterocycles. The van der Waals surface area contributed by atoms with E-state index >= 15 is 0 Å². The van der Waals surface area contributed by atoms with Crippen LogP contribution >= 0.6 is 0 Å². The van der Waals surface area contributed by atoms with E-state index < -0.39 is 11.6 Å². The maximum atomic E-state index is 13.0. The summed E-state index contributed by atoms with van der Waals surface area (Å²) < 4.78 is 25.8. The molecule has 1 aromatic rings. The van der Waals surface area contributed by atoms with Crippen LogP contribution in [0.2, 0.25) is 0 Å². The van der Waals surface area contributed by atoms with Gasteiger partial charge in [-0.25, -0.2) is 8.78 Å². The number of fused-ring (bicyclic) bond motifs is 2. The van der Waals surface area contributed by atoms with E-state index in [0.717, 1.165) is 25.0 Å². The molecule has 2 aliphatic rings. The van der Waals surface area contributed by atoms with Gasteiger partial charge in [-0.05, 0) is 36.8 Å². The molecule has 0 spiro atoms. The summed E-state index contributed by atoms with van der Waals surface area (Å²) in [6.45, 7) is 0. The number of halogens is 2. The first kappa shape index (κ1) is 11.4. The number of carbonyl (C=O) groups is 1. The van der Waals surface area contributed by atoms with Crippen LogP contribution in [0, 0.1) is 29.4 Å². The van der Waals surface area contributed by atoms with E-state index in [0.29, 0.717) is 17.5 Å². The fourth-order valence-corrected chi connectivity index (χ4v) is 2.89. The molecule has 1 N–H and O–H groups in total. The highest BCUT2D eigenvalue weighted by Gasteiger charge is 2.39. The Morgan fingerprint density at radius 3 is 2.61 bits per heavy atom. The van der Waals surface area contributed by atoms with Crippen molar-refractivity contribution in [2.75, 3.05) is 5.32 Å². The summed E-state index contributed by atoms with van der Waals surface area (Å²) in [5.74, 6) is -1.17. The van der Waals surface area contributed by atoms with Gasteiger partial charge in [0.15, 0.2) is 11.6 Å². The monoisotopic (exact) mass is 249 g/mol. The number of rotatable bonds is 2. The molecule has 2 nitrogen and oxygen atoms in total. The Labute approximate surface area is 104 Å². The van der Waals surface area contributed by atoms with Crippen molar-refractivity contribution in [1.29, 1.82) is 0 Å². The van der Waals surface area contributed by atoms with Crippen molar-refractivity contribution in [1.82, 2.24) is 0 Å². The van der Waals surface area contributed by atoms with E-state index in [4.69, 9.17) is 0 Å². The van der Waals surface area contributed by atoms with Gasteiger partial charge in [-0.3, -0.25) is 4.79 Å². The lowest BCUT2D eigenvalue weighted by atomic mass is 9.93. The summed E-state index contributed by atoms with van der Waals surface area (Å²) in [6.07, 6.45) is 6.14. The van der Waals surface area contributed by atoms with Gasteiger partial charge in [-0.1, -0.05) is 12.2 Å². The minimum atomic E-state index is -0.944. The van der Waals surface area contributed by atoms with Crippen LogP contribution in [0.3, 0.4) is 0 Å². The van der Waals surface area contributed by atoms with Crippen LogP contribution < -0.4 is 5.32 Å². The molecule has 4 heteroatoms. The number of anilines is 1. The number of amides is 1. The third-order valence-electron chi connectivity index (χ3n) is 3.80. The second-order valence-electron chi connectivity index (χ2n) is 5.00. The van der Waals surface area contributed by atoms with Crippen LogP contribution in [-0.4, -0.2) is 5.91 Å². The predicted octanol–water partition coefficient (Wildman–Crippen LogP) is 3.12. The van der Waals surface area contributed by atoms with Crippen LogP contribution in [0.4, 0.5) is 14.5 Å². The number of hydrogen-bond donors (Lipinski definition) is 1. The van der Waals surface area contributed by atoms with Crippen molar-refractivity contribution in [2.24, 2.45) is 17.8 Å². The van der Waals surface area contributed by atoms with Crippen LogP contribution in [0.25, 0.3) is 0 Å². The van der Waals surface area contributed by atoms with Crippen molar-refractivity contribution in [3.8, 4) is 0 Å². The van der Waals surface area contributed by atoms with Gasteiger partial charge in [0, 0.05) is 17.7 Å². The third-order valence-corrected chi connectivity index (χ3v) is 3.80. The molecular formula is C14H13F2NO. The largest absolute Gasteiger partial charge is 0.326 e. The Hall–Kier alpha value is -1.71. The maximum absolute atomic E-state index is 13.0. The van der Waals surface area contributed by atoms with E-state index in [1.54, 1.807) is 0 Å². The van der Waals surface area contributed by atoms with Gasteiger partial charge >= 0.3 is 0 Å². The molecule has 1 saturated carbocycles. The fraction of sp³-hybridized carbons (Fsp3) is 0.357. The molecule has 0 heterocycles. The van der Waals surface area contributed by atoms with E-state index in [1.165, 1.54) is 6.07 Å². The summed E-state index contributed by atoms with van der Waals surface area (Å²) in [7, 11) is 0. The number of nitrogens with one attached hydrogen (secondary N) is 1. The molecule has 3 unspecified atom stereocenters. The first-order valence-corrected chi connectivity index (χ1v) is 6.08. The second-order valence-corrected chi connectivity index (χ2v) is 5.00. The Morgan fingerprint density at radius 2 is 2.00 bits per heavy atom. The molecule has 1 amide bonds. The second kappa shape index (κ2) is 4.19. The zero-order chi connectivity index (χ0) is 12.7. The number of hydrogen-bond acceptors (Lipinski definition) is 1. The summed E-state index contributed by atoms with van der Waals surface area (Å²) in [5, 5.41) is 2.66. The smallest absolute Gasteiger partial charge is 0.228 e. The third kappa shape index (κ3) is 1.92. The van der Waals surface area contributed by atoms with E-state index in [9.17, 15) is 13.6 Å². The van der Waals surface area contributed by atoms with Crippen LogP contribution in [0.1, 0.15) is 12.8 Å². The molecule has 18 heavy (non-hydrogen) atoms. The van der Waals surface area contributed by atoms with Gasteiger partial charge in [-0.15, -0.1) is 0 Å². The minimum absolute atomic E-state index is 0.0342. The molecule has 0 aromatic heterocycles. The summed E-state index contributed by atoms with van der Waals surface area (Å²) in [5.41, 5.74) is 0.311. The number of carbonyl (C=O) groups excluding carboxylic acids is 1. The molecule has 1 fully saturated rings. The fourth-order valence-electron chi connectivity index (χ4n) is 2.89. The zero-order valence-corrected chi connectivity index (χ0v) is 9.70. The van der Waals surface area contributed by atoms with Crippen molar-refractivity contribution in [3.63, 3.8) is 0 Å². The highest BCUT2D eigenvalue weighted by Crippen LogP contribution is 2.43. The van der Waals surface area contributed by atoms with Gasteiger partial charge in [-0.2, -0.15) is 0 Å². The van der Waals surface area contributed by atoms with Crippen LogP contribution in [-0.2, 0) is 4.79 Å². The predicted molar refractivity (Wildman–Crippen MR) is 63.8 cm³/mol. The standard InChI is InChI=1S/C14H13F2NO/c15-12-4-3-10(7-13(12)16)17-14(18)11-6-8-1-2-9(11)5-8/h1-4,7-9,11H,5-6H2,(H,17,18). The van der Waals surface area contributed by atoms with Gasteiger partial charge in [0.2, 0.25) is 5.91 Å². The van der Waals surface area contributed by atoms with Crippen LogP contribution in [0.15, 0.2) is 30.4 Å². The van der Waals surface area contributed by atoms with Crippen molar-refractivity contribution >= 4 is 11.6 Å². The Kier molecular flexibility index (Phi) is 2.65. The molecule has 94 valence electrons. The van der Waals surface area contributed by atoms with Gasteiger partial charge in [0.05, 0.1) is 0 Å². The van der Waals surface area contributed by atoms with Crippen molar-refractivity contribution in [2.45, 2.75) is 12.8 Å². The van der Waals surface area contributed by atoms with Gasteiger partial charge in [0.25, 0.3) is 0 Å². The van der Waals surface area contributed by atoms with E-state index in [-0.39, 0.29) is 11.8 Å². The topological polar surface area (TPSA) is 29.1 Å². The summed E-state index contributed by atoms with van der Waals surface area (Å²) in [4.78, 5) is 12.0. The lowest BCUT2D eigenvalue weighted by molar-refractivity contribution is -0.120. The number of allylic oxidation sites excluding steroid dienone is 2. The minimum Gasteiger partial charge on any atom is -0.326 e. The molecule has 0 radical (unpaired) electrons. The Bertz CT molecular complexity index is 527. The average Bonchev–Trinajstić information content (AvgIpc) is 2.96. The molecule has 3 rings (SSSR count). The van der Waals surface area contributed by atoms with Crippen LogP contribution in [0.5, 0.6) is 0 Å². The molecule has 1 aromatic carbocycles. The normalized spacial score (nSPS) is 28.7. The molecule has 3 atom stereocenters.